The Morgan fingerprint density at radius 1 is 1.00 bits per heavy atom. The van der Waals surface area contributed by atoms with Crippen LogP contribution >= 0.6 is 0 Å². The standard InChI is InChI=1S/C13H22NO/c1-2-13(15)14(11-7-3-4-8-11)12-9-5-6-10-12/h11-12H,1-10H2. The van der Waals surface area contributed by atoms with Crippen LogP contribution in [0.3, 0.4) is 0 Å². The lowest BCUT2D eigenvalue weighted by molar-refractivity contribution is -0.135. The van der Waals surface area contributed by atoms with Crippen LogP contribution < -0.4 is 0 Å². The van der Waals surface area contributed by atoms with Gasteiger partial charge in [-0.05, 0) is 32.6 Å². The second-order valence-corrected chi connectivity index (χ2v) is 4.93. The fraction of sp³-hybridized carbons (Fsp3) is 0.846. The molecule has 2 fully saturated rings. The van der Waals surface area contributed by atoms with Crippen LogP contribution in [0.15, 0.2) is 0 Å². The van der Waals surface area contributed by atoms with Crippen LogP contribution in [0.1, 0.15) is 57.8 Å². The van der Waals surface area contributed by atoms with E-state index in [1.165, 1.54) is 51.4 Å². The minimum atomic E-state index is 0.286. The van der Waals surface area contributed by atoms with Crippen LogP contribution in [0.2, 0.25) is 0 Å². The Bertz CT molecular complexity index is 199. The van der Waals surface area contributed by atoms with Crippen molar-refractivity contribution >= 4 is 5.91 Å². The highest BCUT2D eigenvalue weighted by atomic mass is 16.2. The summed E-state index contributed by atoms with van der Waals surface area (Å²) in [6.45, 7) is 3.76. The van der Waals surface area contributed by atoms with Gasteiger partial charge in [-0.15, -0.1) is 0 Å². The summed E-state index contributed by atoms with van der Waals surface area (Å²) in [5.41, 5.74) is 0. The zero-order valence-electron chi connectivity index (χ0n) is 9.58. The molecule has 2 aliphatic carbocycles. The van der Waals surface area contributed by atoms with Crippen LogP contribution in [0.25, 0.3) is 0 Å². The van der Waals surface area contributed by atoms with Crippen LogP contribution in [-0.4, -0.2) is 22.9 Å². The Kier molecular flexibility index (Phi) is 3.66. The van der Waals surface area contributed by atoms with E-state index < -0.39 is 0 Å². The molecule has 0 unspecified atom stereocenters. The van der Waals surface area contributed by atoms with Crippen molar-refractivity contribution in [2.75, 3.05) is 0 Å². The van der Waals surface area contributed by atoms with E-state index in [0.29, 0.717) is 18.5 Å². The fourth-order valence-corrected chi connectivity index (χ4v) is 3.20. The lowest BCUT2D eigenvalue weighted by Crippen LogP contribution is -2.44. The summed E-state index contributed by atoms with van der Waals surface area (Å²) in [6, 6.07) is 1.09. The van der Waals surface area contributed by atoms with Crippen molar-refractivity contribution in [2.45, 2.75) is 69.9 Å². The highest BCUT2D eigenvalue weighted by Gasteiger charge is 2.32. The Balaban J connectivity index is 2.03. The lowest BCUT2D eigenvalue weighted by atomic mass is 10.1. The molecule has 0 saturated heterocycles. The molecule has 0 bridgehead atoms. The zero-order valence-corrected chi connectivity index (χ0v) is 9.58. The highest BCUT2D eigenvalue weighted by Crippen LogP contribution is 2.31. The van der Waals surface area contributed by atoms with Gasteiger partial charge in [0, 0.05) is 18.5 Å². The molecule has 85 valence electrons. The second kappa shape index (κ2) is 5.00. The molecule has 0 heterocycles. The molecule has 0 N–H and O–H groups in total. The minimum Gasteiger partial charge on any atom is -0.337 e. The third-order valence-electron chi connectivity index (χ3n) is 3.94. The summed E-state index contributed by atoms with van der Waals surface area (Å²) in [7, 11) is 0. The summed E-state index contributed by atoms with van der Waals surface area (Å²) < 4.78 is 0. The van der Waals surface area contributed by atoms with E-state index in [0.717, 1.165) is 0 Å². The average molecular weight is 208 g/mol. The average Bonchev–Trinajstić information content (AvgIpc) is 2.90. The van der Waals surface area contributed by atoms with E-state index in [4.69, 9.17) is 0 Å². The first-order valence-electron chi connectivity index (χ1n) is 6.43. The minimum absolute atomic E-state index is 0.286. The molecule has 2 nitrogen and oxygen atoms in total. The molecule has 0 aliphatic heterocycles. The third kappa shape index (κ3) is 2.35. The maximum atomic E-state index is 11.9. The van der Waals surface area contributed by atoms with Crippen molar-refractivity contribution < 1.29 is 4.79 Å². The molecule has 1 radical (unpaired) electrons. The van der Waals surface area contributed by atoms with Crippen LogP contribution in [-0.2, 0) is 4.79 Å². The quantitative estimate of drug-likeness (QED) is 0.698. The zero-order chi connectivity index (χ0) is 10.7. The number of hydrogen-bond donors (Lipinski definition) is 0. The maximum Gasteiger partial charge on any atom is 0.223 e. The Morgan fingerprint density at radius 3 is 1.73 bits per heavy atom. The lowest BCUT2D eigenvalue weighted by Gasteiger charge is -2.34. The van der Waals surface area contributed by atoms with Gasteiger partial charge in [-0.25, -0.2) is 0 Å². The molecule has 1 amide bonds. The summed E-state index contributed by atoms with van der Waals surface area (Å²) >= 11 is 0. The molecule has 0 aromatic carbocycles. The molecule has 2 saturated carbocycles. The molecular weight excluding hydrogens is 186 g/mol. The predicted octanol–water partition coefficient (Wildman–Crippen LogP) is 2.92. The largest absolute Gasteiger partial charge is 0.337 e. The Hall–Kier alpha value is -0.530. The first-order valence-corrected chi connectivity index (χ1v) is 6.43. The predicted molar refractivity (Wildman–Crippen MR) is 61.3 cm³/mol. The van der Waals surface area contributed by atoms with Crippen LogP contribution in [0.4, 0.5) is 0 Å². The number of carbonyl (C=O) groups excluding carboxylic acids is 1. The first-order chi connectivity index (χ1) is 7.33. The van der Waals surface area contributed by atoms with Gasteiger partial charge in [0.2, 0.25) is 5.91 Å². The van der Waals surface area contributed by atoms with E-state index in [9.17, 15) is 4.79 Å². The van der Waals surface area contributed by atoms with Gasteiger partial charge in [-0.2, -0.15) is 0 Å². The van der Waals surface area contributed by atoms with Crippen LogP contribution in [0.5, 0.6) is 0 Å². The van der Waals surface area contributed by atoms with E-state index in [1.54, 1.807) is 0 Å². The SMILES string of the molecule is [CH2]CC(=O)N(C1CCCC1)C1CCCC1. The summed E-state index contributed by atoms with van der Waals surface area (Å²) in [5, 5.41) is 0. The number of carbonyl (C=O) groups is 1. The molecule has 2 heteroatoms. The number of amides is 1. The molecule has 0 aromatic heterocycles. The van der Waals surface area contributed by atoms with E-state index in [1.807, 2.05) is 0 Å². The molecule has 0 atom stereocenters. The van der Waals surface area contributed by atoms with E-state index >= 15 is 0 Å². The first kappa shape index (κ1) is 11.0. The van der Waals surface area contributed by atoms with Crippen molar-refractivity contribution in [3.63, 3.8) is 0 Å². The van der Waals surface area contributed by atoms with Crippen molar-refractivity contribution in [1.29, 1.82) is 0 Å². The van der Waals surface area contributed by atoms with Crippen molar-refractivity contribution in [1.82, 2.24) is 4.90 Å². The smallest absolute Gasteiger partial charge is 0.223 e. The molecular formula is C13H22NO. The van der Waals surface area contributed by atoms with Gasteiger partial charge < -0.3 is 4.90 Å². The molecule has 15 heavy (non-hydrogen) atoms. The van der Waals surface area contributed by atoms with Gasteiger partial charge in [-0.1, -0.05) is 25.7 Å². The van der Waals surface area contributed by atoms with E-state index in [-0.39, 0.29) is 5.91 Å². The topological polar surface area (TPSA) is 20.3 Å². The molecule has 0 spiro atoms. The van der Waals surface area contributed by atoms with Gasteiger partial charge in [0.15, 0.2) is 0 Å². The van der Waals surface area contributed by atoms with Gasteiger partial charge in [0.05, 0.1) is 0 Å². The monoisotopic (exact) mass is 208 g/mol. The summed E-state index contributed by atoms with van der Waals surface area (Å²) in [5.74, 6) is 0.286. The number of nitrogens with zero attached hydrogens (tertiary/aromatic N) is 1. The fourth-order valence-electron chi connectivity index (χ4n) is 3.20. The summed E-state index contributed by atoms with van der Waals surface area (Å²) in [4.78, 5) is 14.2. The van der Waals surface area contributed by atoms with Gasteiger partial charge in [0.25, 0.3) is 0 Å². The normalized spacial score (nSPS) is 23.5. The van der Waals surface area contributed by atoms with Gasteiger partial charge in [0.1, 0.15) is 0 Å². The third-order valence-corrected chi connectivity index (χ3v) is 3.94. The second-order valence-electron chi connectivity index (χ2n) is 4.93. The van der Waals surface area contributed by atoms with Crippen LogP contribution in [0, 0.1) is 6.92 Å². The van der Waals surface area contributed by atoms with Crippen molar-refractivity contribution in [3.05, 3.63) is 6.92 Å². The summed E-state index contributed by atoms with van der Waals surface area (Å²) in [6.07, 6.45) is 10.6. The van der Waals surface area contributed by atoms with Gasteiger partial charge >= 0.3 is 0 Å². The number of rotatable bonds is 3. The maximum absolute atomic E-state index is 11.9. The van der Waals surface area contributed by atoms with Crippen molar-refractivity contribution in [2.24, 2.45) is 0 Å². The Labute approximate surface area is 93.0 Å². The molecule has 2 aliphatic rings. The van der Waals surface area contributed by atoms with E-state index in [2.05, 4.69) is 11.8 Å². The molecule has 2 rings (SSSR count). The Morgan fingerprint density at radius 2 is 1.40 bits per heavy atom. The van der Waals surface area contributed by atoms with Crippen molar-refractivity contribution in [3.8, 4) is 0 Å². The highest BCUT2D eigenvalue weighted by molar-refractivity contribution is 5.77. The molecule has 0 aromatic rings. The van der Waals surface area contributed by atoms with Gasteiger partial charge in [-0.3, -0.25) is 4.79 Å². The number of hydrogen-bond acceptors (Lipinski definition) is 1.